The third kappa shape index (κ3) is 17.5. The summed E-state index contributed by atoms with van der Waals surface area (Å²) in [6.07, 6.45) is 9.33. The normalized spacial score (nSPS) is 23.6. The van der Waals surface area contributed by atoms with Crippen LogP contribution in [0.4, 0.5) is 37.5 Å². The van der Waals surface area contributed by atoms with Crippen LogP contribution >= 0.6 is 0 Å². The number of ether oxygens (including phenoxy) is 12. The summed E-state index contributed by atoms with van der Waals surface area (Å²) in [5.41, 5.74) is 7.89. The maximum absolute atomic E-state index is 12.7. The van der Waals surface area contributed by atoms with E-state index in [0.717, 1.165) is 53.5 Å². The lowest BCUT2D eigenvalue weighted by Gasteiger charge is -2.27. The second-order valence-corrected chi connectivity index (χ2v) is 31.3. The monoisotopic (exact) mass is 1770 g/mol. The molecule has 0 radical (unpaired) electrons. The number of hydrogen-bond donors (Lipinski definition) is 9. The highest BCUT2D eigenvalue weighted by Gasteiger charge is 2.62. The minimum atomic E-state index is -1.16. The SMILES string of the molecule is CCNC(=O)Nc1ncnc2c1ncn2C1OC(COc2ncccc2C(=O)O)C2OC(c3ccccc3)OC21.Cc1ccc(C2OC3C(COc4ncccc4C(=O)O)OC(n4cnc5c(NC(=O)NC6CCCC6)ncnc54)C3O2)cc1.O=C(Nc1ccccc1)Nc1ncnc2c1ncn2C1OC(COc2ncccc2C(=O)O)C2OC3(Cc4ccccc4C3)OC21. The summed E-state index contributed by atoms with van der Waals surface area (Å²) in [4.78, 5) is 124. The van der Waals surface area contributed by atoms with Gasteiger partial charge in [0, 0.05) is 60.8 Å². The predicted octanol–water partition coefficient (Wildman–Crippen LogP) is 10.1. The van der Waals surface area contributed by atoms with Crippen LogP contribution in [-0.4, -0.2) is 218 Å². The van der Waals surface area contributed by atoms with Crippen molar-refractivity contribution in [3.05, 3.63) is 247 Å². The topological polar surface area (TPSA) is 516 Å². The molecule has 7 fully saturated rings. The number of anilines is 4. The summed E-state index contributed by atoms with van der Waals surface area (Å²) >= 11 is 0. The Morgan fingerprint density at radius 1 is 0.415 bits per heavy atom. The average molecular weight is 1770 g/mol. The molecule has 14 unspecified atom stereocenters. The van der Waals surface area contributed by atoms with E-state index in [2.05, 4.69) is 104 Å². The molecule has 42 heteroatoms. The van der Waals surface area contributed by atoms with Crippen molar-refractivity contribution >= 4 is 92.6 Å². The highest BCUT2D eigenvalue weighted by atomic mass is 16.8. The van der Waals surface area contributed by atoms with Gasteiger partial charge in [-0.3, -0.25) is 29.7 Å². The summed E-state index contributed by atoms with van der Waals surface area (Å²) in [7, 11) is 0. The lowest BCUT2D eigenvalue weighted by atomic mass is 10.1. The van der Waals surface area contributed by atoms with Gasteiger partial charge in [-0.2, -0.15) is 0 Å². The Bertz CT molecular complexity index is 6330. The number of aromatic nitrogens is 15. The first-order chi connectivity index (χ1) is 63.4. The van der Waals surface area contributed by atoms with Gasteiger partial charge in [0.2, 0.25) is 17.6 Å². The first-order valence-electron chi connectivity index (χ1n) is 41.8. The summed E-state index contributed by atoms with van der Waals surface area (Å²) in [5.74, 6) is -3.70. The van der Waals surface area contributed by atoms with Crippen molar-refractivity contribution in [1.29, 1.82) is 0 Å². The molecule has 2 aliphatic carbocycles. The van der Waals surface area contributed by atoms with E-state index in [1.165, 1.54) is 80.3 Å². The number of aromatic carboxylic acids is 3. The van der Waals surface area contributed by atoms with Gasteiger partial charge in [0.05, 0.1) is 19.0 Å². The summed E-state index contributed by atoms with van der Waals surface area (Å²) in [6, 6.07) is 42.2. The number of carbonyl (C=O) groups is 6. The molecule has 6 amide bonds. The summed E-state index contributed by atoms with van der Waals surface area (Å²) in [6.45, 7) is 4.11. The van der Waals surface area contributed by atoms with Crippen LogP contribution in [0.1, 0.15) is 123 Å². The van der Waals surface area contributed by atoms with E-state index in [1.807, 2.05) is 91.9 Å². The van der Waals surface area contributed by atoms with Crippen LogP contribution < -0.4 is 46.1 Å². The van der Waals surface area contributed by atoms with Gasteiger partial charge in [-0.1, -0.05) is 115 Å². The Labute approximate surface area is 736 Å². The number of urea groups is 3. The molecule has 8 aliphatic rings. The number of aryl methyl sites for hydroxylation is 1. The van der Waals surface area contributed by atoms with Gasteiger partial charge < -0.3 is 88.1 Å². The van der Waals surface area contributed by atoms with Gasteiger partial charge in [-0.25, -0.2) is 88.6 Å². The molecule has 0 bridgehead atoms. The number of pyridine rings is 3. The number of imidazole rings is 3. The molecule has 14 atom stereocenters. The van der Waals surface area contributed by atoms with Gasteiger partial charge in [0.15, 0.2) is 88.0 Å². The van der Waals surface area contributed by atoms with Crippen molar-refractivity contribution in [2.75, 3.05) is 47.6 Å². The lowest BCUT2D eigenvalue weighted by Crippen LogP contribution is -2.37. The molecule has 1 spiro atoms. The fourth-order valence-electron chi connectivity index (χ4n) is 17.0. The number of carboxylic acids is 3. The third-order valence-electron chi connectivity index (χ3n) is 23.0. The van der Waals surface area contributed by atoms with Gasteiger partial charge in [0.25, 0.3) is 0 Å². The number of nitrogens with one attached hydrogen (secondary N) is 6. The number of carboxylic acid groups (broad SMARTS) is 3. The van der Waals surface area contributed by atoms with Crippen LogP contribution in [0, 0.1) is 6.92 Å². The molecule has 9 aromatic heterocycles. The van der Waals surface area contributed by atoms with Crippen LogP contribution in [0.15, 0.2) is 202 Å². The van der Waals surface area contributed by atoms with Gasteiger partial charge in [-0.15, -0.1) is 0 Å². The highest BCUT2D eigenvalue weighted by Crippen LogP contribution is 2.51. The molecule has 21 rings (SSSR count). The molecule has 130 heavy (non-hydrogen) atoms. The van der Waals surface area contributed by atoms with E-state index in [4.69, 9.17) is 56.8 Å². The second-order valence-electron chi connectivity index (χ2n) is 31.3. The van der Waals surface area contributed by atoms with Crippen molar-refractivity contribution in [2.24, 2.45) is 0 Å². The number of amides is 6. The van der Waals surface area contributed by atoms with Crippen LogP contribution in [0.2, 0.25) is 0 Å². The molecule has 666 valence electrons. The fraction of sp³-hybridized carbons (Fsp3) is 0.318. The molecule has 6 aliphatic heterocycles. The van der Waals surface area contributed by atoms with Gasteiger partial charge in [0.1, 0.15) is 110 Å². The zero-order valence-electron chi connectivity index (χ0n) is 69.2. The molecule has 1 saturated carbocycles. The molecular weight excluding hydrogens is 1690 g/mol. The van der Waals surface area contributed by atoms with Gasteiger partial charge >= 0.3 is 36.0 Å². The number of carbonyl (C=O) groups excluding carboxylic acids is 3. The van der Waals surface area contributed by atoms with Crippen molar-refractivity contribution in [3.8, 4) is 17.6 Å². The second kappa shape index (κ2) is 36.9. The Balaban J connectivity index is 0.000000127. The Kier molecular flexibility index (Phi) is 24.0. The molecular formula is C88H83N21O21. The predicted molar refractivity (Wildman–Crippen MR) is 453 cm³/mol. The molecule has 9 N–H and O–H groups in total. The maximum Gasteiger partial charge on any atom is 0.341 e. The number of benzene rings is 4. The molecule has 4 aromatic carbocycles. The molecule has 6 saturated heterocycles. The van der Waals surface area contributed by atoms with Crippen molar-refractivity contribution < 1.29 is 101 Å². The van der Waals surface area contributed by atoms with E-state index < -0.39 is 122 Å². The van der Waals surface area contributed by atoms with Crippen molar-refractivity contribution in [2.45, 2.75) is 150 Å². The van der Waals surface area contributed by atoms with Crippen LogP contribution in [-0.2, 0) is 55.5 Å². The largest absolute Gasteiger partial charge is 0.477 e. The summed E-state index contributed by atoms with van der Waals surface area (Å²) < 4.78 is 80.8. The minimum absolute atomic E-state index is 0.0224. The zero-order chi connectivity index (χ0) is 89.1. The fourth-order valence-corrected chi connectivity index (χ4v) is 17.0. The number of rotatable bonds is 23. The molecule has 15 heterocycles. The number of nitrogens with zero attached hydrogens (tertiary/aromatic N) is 15. The lowest BCUT2D eigenvalue weighted by molar-refractivity contribution is -0.213. The Hall–Kier alpha value is -14.8. The summed E-state index contributed by atoms with van der Waals surface area (Å²) in [5, 5.41) is 45.3. The number of hydrogen-bond acceptors (Lipinski definition) is 30. The molecule has 13 aromatic rings. The standard InChI is InChI=1S/C32H27N7O7.C30H31N7O7.C26H25N7O7/c40-30(41)21-11-6-12-33-28(21)43-15-22-24-25(46-32(45-24)13-18-7-4-5-8-19(18)14-32)29(44-22)39-17-36-23-26(34-16-35-27(23)39)38-31(42)37-20-9-2-1-3-10-20;1-16-8-10-17(11-9-16)29-43-22-20(13-41-26-19(28(38)39)7-4-12-31-26)42-27(23(22)44-29)37-15-34-21-24(32-14-33-25(21)37)36-30(40)35-18-5-2-3-6-18;1-2-27-26(36)32-20-17-21(30-12-29-20)33(13-31-17)23-19-18(39-25(40-19)14-7-4-3-5-8-14)16(38-23)11-37-22-15(24(34)35)9-6-10-28-22/h1-12,16-17,22,24-25,29H,13-15H2,(H,40,41)(H2,34,35,37,38,42);4,7-12,14-15,18,20,22-23,27,29H,2-3,5-6,13H2,1H3,(H,38,39)(H2,32,33,35,36,40);3-10,12-13,16,18-19,23,25H,2,11H2,1H3,(H,34,35)(H2,27,29,30,32,36). The maximum atomic E-state index is 12.7. The molecule has 42 nitrogen and oxygen atoms in total. The number of fused-ring (bicyclic) bond motifs is 7. The number of para-hydroxylation sites is 1. The minimum Gasteiger partial charge on any atom is -0.477 e. The van der Waals surface area contributed by atoms with E-state index in [9.17, 15) is 44.1 Å². The van der Waals surface area contributed by atoms with Gasteiger partial charge in [-0.05, 0) is 86.3 Å². The Morgan fingerprint density at radius 2 is 0.815 bits per heavy atom. The van der Waals surface area contributed by atoms with E-state index in [0.29, 0.717) is 58.6 Å². The van der Waals surface area contributed by atoms with E-state index >= 15 is 0 Å². The highest BCUT2D eigenvalue weighted by molar-refractivity contribution is 6.03. The Morgan fingerprint density at radius 3 is 1.27 bits per heavy atom. The van der Waals surface area contributed by atoms with Crippen LogP contribution in [0.5, 0.6) is 17.6 Å². The first kappa shape index (κ1) is 84.7. The van der Waals surface area contributed by atoms with Crippen molar-refractivity contribution in [3.63, 3.8) is 0 Å². The third-order valence-corrected chi connectivity index (χ3v) is 23.0. The van der Waals surface area contributed by atoms with Crippen molar-refractivity contribution in [1.82, 2.24) is 84.1 Å². The van der Waals surface area contributed by atoms with Crippen LogP contribution in [0.3, 0.4) is 0 Å². The smallest absolute Gasteiger partial charge is 0.341 e. The van der Waals surface area contributed by atoms with Crippen LogP contribution in [0.25, 0.3) is 33.5 Å². The van der Waals surface area contributed by atoms with E-state index in [-0.39, 0.29) is 83.7 Å². The average Bonchev–Trinajstić information content (AvgIpc) is 1.57. The first-order valence-corrected chi connectivity index (χ1v) is 41.8. The van der Waals surface area contributed by atoms with E-state index in [1.54, 1.807) is 45.4 Å². The quantitative estimate of drug-likeness (QED) is 0.0287. The zero-order valence-corrected chi connectivity index (χ0v) is 69.2.